The van der Waals surface area contributed by atoms with Gasteiger partial charge in [-0.05, 0) is 41.5 Å². The van der Waals surface area contributed by atoms with Gasteiger partial charge < -0.3 is 15.2 Å². The molecule has 5 heteroatoms. The maximum absolute atomic E-state index is 12.1. The lowest BCUT2D eigenvalue weighted by molar-refractivity contribution is 0.252. The fourth-order valence-corrected chi connectivity index (χ4v) is 2.52. The van der Waals surface area contributed by atoms with Crippen molar-refractivity contribution in [3.8, 4) is 0 Å². The largest absolute Gasteiger partial charge is 0.338 e. The minimum Gasteiger partial charge on any atom is -0.338 e. The van der Waals surface area contributed by atoms with Gasteiger partial charge in [-0.3, -0.25) is 4.79 Å². The lowest BCUT2D eigenvalue weighted by Crippen LogP contribution is -2.34. The fraction of sp³-hybridized carbons (Fsp3) is 0.400. The molecule has 0 aliphatic carbocycles. The Kier molecular flexibility index (Phi) is 5.67. The number of urea groups is 1. The third-order valence-electron chi connectivity index (χ3n) is 4.23. The zero-order chi connectivity index (χ0) is 18.6. The molecule has 0 saturated heterocycles. The van der Waals surface area contributed by atoms with E-state index < -0.39 is 0 Å². The first-order valence-corrected chi connectivity index (χ1v) is 8.49. The monoisotopic (exact) mass is 341 g/mol. The van der Waals surface area contributed by atoms with Crippen molar-refractivity contribution in [2.45, 2.75) is 39.5 Å². The Morgan fingerprint density at radius 2 is 1.76 bits per heavy atom. The van der Waals surface area contributed by atoms with Gasteiger partial charge in [-0.2, -0.15) is 0 Å². The molecule has 0 unspecified atom stereocenters. The first kappa shape index (κ1) is 18.8. The summed E-state index contributed by atoms with van der Waals surface area (Å²) in [6.07, 6.45) is 2.42. The van der Waals surface area contributed by atoms with Gasteiger partial charge in [0, 0.05) is 19.8 Å². The highest BCUT2D eigenvalue weighted by molar-refractivity contribution is 5.89. The molecule has 0 aliphatic heterocycles. The quantitative estimate of drug-likeness (QED) is 0.896. The van der Waals surface area contributed by atoms with Gasteiger partial charge in [-0.1, -0.05) is 45.0 Å². The van der Waals surface area contributed by atoms with Crippen LogP contribution >= 0.6 is 0 Å². The van der Waals surface area contributed by atoms with E-state index in [1.165, 1.54) is 15.7 Å². The number of nitrogens with zero attached hydrogens (tertiary/aromatic N) is 1. The predicted octanol–water partition coefficient (Wildman–Crippen LogP) is 3.36. The molecular weight excluding hydrogens is 314 g/mol. The molecule has 2 rings (SSSR count). The first-order valence-electron chi connectivity index (χ1n) is 8.49. The summed E-state index contributed by atoms with van der Waals surface area (Å²) in [4.78, 5) is 24.1. The van der Waals surface area contributed by atoms with Crippen LogP contribution in [0, 0.1) is 6.92 Å². The topological polar surface area (TPSA) is 63.1 Å². The Balaban J connectivity index is 1.89. The highest BCUT2D eigenvalue weighted by Crippen LogP contribution is 2.22. The number of anilines is 1. The molecule has 0 atom stereocenters. The molecule has 2 aromatic rings. The number of hydrogen-bond acceptors (Lipinski definition) is 2. The number of carbonyl (C=O) groups excluding carboxylic acids is 1. The average Bonchev–Trinajstić information content (AvgIpc) is 2.55. The summed E-state index contributed by atoms with van der Waals surface area (Å²) in [5, 5.41) is 5.45. The van der Waals surface area contributed by atoms with E-state index in [4.69, 9.17) is 0 Å². The number of carbonyl (C=O) groups is 1. The van der Waals surface area contributed by atoms with Crippen molar-refractivity contribution in [2.75, 3.05) is 11.9 Å². The SMILES string of the molecule is Cc1ccn(C)c(=O)c1NC(=O)NCCc1ccc(C(C)(C)C)cc1. The van der Waals surface area contributed by atoms with Crippen LogP contribution in [0.15, 0.2) is 41.3 Å². The Hall–Kier alpha value is -2.56. The van der Waals surface area contributed by atoms with Crippen molar-refractivity contribution < 1.29 is 4.79 Å². The van der Waals surface area contributed by atoms with Gasteiger partial charge in [0.2, 0.25) is 0 Å². The Morgan fingerprint density at radius 3 is 2.36 bits per heavy atom. The van der Waals surface area contributed by atoms with Gasteiger partial charge in [-0.15, -0.1) is 0 Å². The van der Waals surface area contributed by atoms with Gasteiger partial charge in [0.15, 0.2) is 0 Å². The molecule has 2 amide bonds. The highest BCUT2D eigenvalue weighted by atomic mass is 16.2. The zero-order valence-corrected chi connectivity index (χ0v) is 15.6. The second-order valence-electron chi connectivity index (χ2n) is 7.37. The minimum absolute atomic E-state index is 0.135. The van der Waals surface area contributed by atoms with Crippen LogP contribution < -0.4 is 16.2 Å². The van der Waals surface area contributed by atoms with Crippen molar-refractivity contribution in [1.82, 2.24) is 9.88 Å². The summed E-state index contributed by atoms with van der Waals surface area (Å²) in [5.41, 5.74) is 3.44. The smallest absolute Gasteiger partial charge is 0.319 e. The van der Waals surface area contributed by atoms with Gasteiger partial charge >= 0.3 is 6.03 Å². The summed E-state index contributed by atoms with van der Waals surface area (Å²) >= 11 is 0. The van der Waals surface area contributed by atoms with E-state index in [0.717, 1.165) is 12.0 Å². The van der Waals surface area contributed by atoms with Crippen LogP contribution in [0.2, 0.25) is 0 Å². The summed E-state index contributed by atoms with van der Waals surface area (Å²) in [6, 6.07) is 9.89. The lowest BCUT2D eigenvalue weighted by atomic mass is 9.86. The molecule has 0 radical (unpaired) electrons. The average molecular weight is 341 g/mol. The molecule has 0 saturated carbocycles. The van der Waals surface area contributed by atoms with Crippen molar-refractivity contribution in [3.05, 3.63) is 63.6 Å². The van der Waals surface area contributed by atoms with E-state index in [1.807, 2.05) is 0 Å². The van der Waals surface area contributed by atoms with Crippen molar-refractivity contribution in [2.24, 2.45) is 7.05 Å². The maximum Gasteiger partial charge on any atom is 0.319 e. The van der Waals surface area contributed by atoms with Crippen LogP contribution in [-0.2, 0) is 18.9 Å². The van der Waals surface area contributed by atoms with Crippen LogP contribution in [0.1, 0.15) is 37.5 Å². The van der Waals surface area contributed by atoms with E-state index in [2.05, 4.69) is 55.7 Å². The van der Waals surface area contributed by atoms with Crippen molar-refractivity contribution in [3.63, 3.8) is 0 Å². The Labute approximate surface area is 149 Å². The van der Waals surface area contributed by atoms with Crippen LogP contribution in [0.4, 0.5) is 10.5 Å². The fourth-order valence-electron chi connectivity index (χ4n) is 2.52. The summed E-state index contributed by atoms with van der Waals surface area (Å²) in [7, 11) is 1.66. The lowest BCUT2D eigenvalue weighted by Gasteiger charge is -2.19. The maximum atomic E-state index is 12.1. The highest BCUT2D eigenvalue weighted by Gasteiger charge is 2.13. The molecule has 0 spiro atoms. The summed E-state index contributed by atoms with van der Waals surface area (Å²) in [5.74, 6) is 0. The summed E-state index contributed by atoms with van der Waals surface area (Å²) in [6.45, 7) is 8.86. The third-order valence-corrected chi connectivity index (χ3v) is 4.23. The number of rotatable bonds is 4. The van der Waals surface area contributed by atoms with Gasteiger partial charge in [-0.25, -0.2) is 4.79 Å². The molecule has 0 aliphatic rings. The number of aryl methyl sites for hydroxylation is 2. The Morgan fingerprint density at radius 1 is 1.12 bits per heavy atom. The number of pyridine rings is 1. The van der Waals surface area contributed by atoms with E-state index in [1.54, 1.807) is 26.2 Å². The zero-order valence-electron chi connectivity index (χ0n) is 15.6. The van der Waals surface area contributed by atoms with Gasteiger partial charge in [0.05, 0.1) is 0 Å². The van der Waals surface area contributed by atoms with E-state index >= 15 is 0 Å². The number of nitrogens with one attached hydrogen (secondary N) is 2. The second-order valence-corrected chi connectivity index (χ2v) is 7.37. The van der Waals surface area contributed by atoms with E-state index in [0.29, 0.717) is 12.2 Å². The van der Waals surface area contributed by atoms with E-state index in [9.17, 15) is 9.59 Å². The molecule has 2 N–H and O–H groups in total. The summed E-state index contributed by atoms with van der Waals surface area (Å²) < 4.78 is 1.44. The molecule has 1 aromatic heterocycles. The minimum atomic E-state index is -0.363. The van der Waals surface area contributed by atoms with Crippen LogP contribution in [0.3, 0.4) is 0 Å². The molecule has 0 bridgehead atoms. The third kappa shape index (κ3) is 4.95. The molecule has 25 heavy (non-hydrogen) atoms. The van der Waals surface area contributed by atoms with Crippen LogP contribution in [0.5, 0.6) is 0 Å². The van der Waals surface area contributed by atoms with Crippen LogP contribution in [-0.4, -0.2) is 17.1 Å². The standard InChI is InChI=1S/C20H27N3O2/c1-14-11-13-23(5)18(24)17(14)22-19(25)21-12-10-15-6-8-16(9-7-15)20(2,3)4/h6-9,11,13H,10,12H2,1-5H3,(H2,21,22,25). The molecule has 134 valence electrons. The number of benzene rings is 1. The molecule has 5 nitrogen and oxygen atoms in total. The predicted molar refractivity (Wildman–Crippen MR) is 102 cm³/mol. The number of hydrogen-bond donors (Lipinski definition) is 2. The molecule has 1 aromatic carbocycles. The van der Waals surface area contributed by atoms with Crippen molar-refractivity contribution in [1.29, 1.82) is 0 Å². The normalized spacial score (nSPS) is 11.2. The first-order chi connectivity index (χ1) is 11.7. The molecular formula is C20H27N3O2. The number of aromatic nitrogens is 1. The Bertz CT molecular complexity index is 799. The van der Waals surface area contributed by atoms with Crippen LogP contribution in [0.25, 0.3) is 0 Å². The molecule has 0 fully saturated rings. The second kappa shape index (κ2) is 7.55. The van der Waals surface area contributed by atoms with E-state index in [-0.39, 0.29) is 17.0 Å². The molecule has 1 heterocycles. The van der Waals surface area contributed by atoms with Crippen molar-refractivity contribution >= 4 is 11.7 Å². The van der Waals surface area contributed by atoms with Gasteiger partial charge in [0.25, 0.3) is 5.56 Å². The van der Waals surface area contributed by atoms with Gasteiger partial charge in [0.1, 0.15) is 5.69 Å². The number of amides is 2.